The van der Waals surface area contributed by atoms with Crippen LogP contribution in [0.15, 0.2) is 60.0 Å². The molecular weight excluding hydrogens is 396 g/mol. The first-order chi connectivity index (χ1) is 14.3. The highest BCUT2D eigenvalue weighted by Crippen LogP contribution is 2.34. The molecule has 3 aromatic rings. The van der Waals surface area contributed by atoms with Crippen LogP contribution in [-0.4, -0.2) is 16.6 Å². The van der Waals surface area contributed by atoms with E-state index in [9.17, 15) is 4.79 Å². The second kappa shape index (κ2) is 10.1. The summed E-state index contributed by atoms with van der Waals surface area (Å²) in [6.07, 6.45) is 6.71. The van der Waals surface area contributed by atoms with Crippen LogP contribution in [0.2, 0.25) is 0 Å². The standard InChI is InChI=1S/C24H26N2OS2/c27-23(17-28-15-18-7-3-1-4-8-18)26-24-25-22(16-29-24)21-13-11-20(12-14-21)19-9-5-2-6-10-19/h1,3-4,7-8,11-14,16,19H,2,5-6,9-10,15,17H2,(H,25,26,27). The van der Waals surface area contributed by atoms with Crippen molar-refractivity contribution >= 4 is 34.1 Å². The number of aromatic nitrogens is 1. The van der Waals surface area contributed by atoms with Gasteiger partial charge in [0, 0.05) is 16.7 Å². The highest BCUT2D eigenvalue weighted by Gasteiger charge is 2.15. The zero-order chi connectivity index (χ0) is 19.9. The number of rotatable bonds is 7. The summed E-state index contributed by atoms with van der Waals surface area (Å²) < 4.78 is 0. The van der Waals surface area contributed by atoms with Gasteiger partial charge in [-0.15, -0.1) is 23.1 Å². The molecule has 1 fully saturated rings. The monoisotopic (exact) mass is 422 g/mol. The lowest BCUT2D eigenvalue weighted by molar-refractivity contribution is -0.113. The number of carbonyl (C=O) groups excluding carboxylic acids is 1. The van der Waals surface area contributed by atoms with E-state index in [2.05, 4.69) is 46.7 Å². The lowest BCUT2D eigenvalue weighted by Crippen LogP contribution is -2.13. The Kier molecular flexibility index (Phi) is 7.01. The third-order valence-corrected chi connectivity index (χ3v) is 7.14. The first kappa shape index (κ1) is 20.2. The van der Waals surface area contributed by atoms with Crippen LogP contribution in [0, 0.1) is 0 Å². The number of carbonyl (C=O) groups is 1. The number of thiazole rings is 1. The third-order valence-electron chi connectivity index (χ3n) is 5.38. The molecule has 4 rings (SSSR count). The Morgan fingerprint density at radius 3 is 2.55 bits per heavy atom. The molecule has 1 heterocycles. The first-order valence-electron chi connectivity index (χ1n) is 10.3. The number of benzene rings is 2. The van der Waals surface area contributed by atoms with Gasteiger partial charge in [0.15, 0.2) is 5.13 Å². The normalized spacial score (nSPS) is 14.6. The largest absolute Gasteiger partial charge is 0.301 e. The Balaban J connectivity index is 1.29. The molecule has 0 radical (unpaired) electrons. The quantitative estimate of drug-likeness (QED) is 0.459. The van der Waals surface area contributed by atoms with Crippen molar-refractivity contribution in [1.29, 1.82) is 0 Å². The van der Waals surface area contributed by atoms with Gasteiger partial charge < -0.3 is 5.32 Å². The van der Waals surface area contributed by atoms with Crippen molar-refractivity contribution in [3.05, 3.63) is 71.1 Å². The van der Waals surface area contributed by atoms with Gasteiger partial charge in [-0.05, 0) is 29.9 Å². The van der Waals surface area contributed by atoms with Gasteiger partial charge in [-0.2, -0.15) is 0 Å². The predicted molar refractivity (Wildman–Crippen MR) is 125 cm³/mol. The molecule has 0 unspecified atom stereocenters. The molecule has 150 valence electrons. The van der Waals surface area contributed by atoms with Crippen molar-refractivity contribution in [2.24, 2.45) is 0 Å². The van der Waals surface area contributed by atoms with Gasteiger partial charge in [-0.25, -0.2) is 4.98 Å². The summed E-state index contributed by atoms with van der Waals surface area (Å²) in [6, 6.07) is 19.1. The summed E-state index contributed by atoms with van der Waals surface area (Å²) >= 11 is 3.10. The van der Waals surface area contributed by atoms with Gasteiger partial charge in [0.1, 0.15) is 0 Å². The summed E-state index contributed by atoms with van der Waals surface area (Å²) in [5, 5.41) is 5.61. The van der Waals surface area contributed by atoms with Crippen molar-refractivity contribution in [2.45, 2.75) is 43.8 Å². The van der Waals surface area contributed by atoms with Crippen molar-refractivity contribution in [3.63, 3.8) is 0 Å². The second-order valence-corrected chi connectivity index (χ2v) is 9.37. The molecule has 0 spiro atoms. The van der Waals surface area contributed by atoms with Crippen LogP contribution in [0.4, 0.5) is 5.13 Å². The summed E-state index contributed by atoms with van der Waals surface area (Å²) in [7, 11) is 0. The Morgan fingerprint density at radius 2 is 1.79 bits per heavy atom. The molecule has 0 saturated heterocycles. The maximum atomic E-state index is 12.2. The number of hydrogen-bond acceptors (Lipinski definition) is 4. The maximum absolute atomic E-state index is 12.2. The van der Waals surface area contributed by atoms with E-state index in [-0.39, 0.29) is 5.91 Å². The van der Waals surface area contributed by atoms with E-state index in [1.165, 1.54) is 54.6 Å². The zero-order valence-corrected chi connectivity index (χ0v) is 18.1. The number of thioether (sulfide) groups is 1. The average Bonchev–Trinajstić information content (AvgIpc) is 3.23. The van der Waals surface area contributed by atoms with Gasteiger partial charge in [0.2, 0.25) is 5.91 Å². The minimum Gasteiger partial charge on any atom is -0.301 e. The predicted octanol–water partition coefficient (Wildman–Crippen LogP) is 6.73. The summed E-state index contributed by atoms with van der Waals surface area (Å²) in [5.41, 5.74) is 4.73. The van der Waals surface area contributed by atoms with E-state index in [0.717, 1.165) is 22.9 Å². The molecule has 1 N–H and O–H groups in total. The first-order valence-corrected chi connectivity index (χ1v) is 12.3. The molecule has 5 heteroatoms. The summed E-state index contributed by atoms with van der Waals surface area (Å²) in [6.45, 7) is 0. The fourth-order valence-corrected chi connectivity index (χ4v) is 5.34. The van der Waals surface area contributed by atoms with E-state index in [1.807, 2.05) is 23.6 Å². The van der Waals surface area contributed by atoms with Gasteiger partial charge in [0.25, 0.3) is 0 Å². The summed E-state index contributed by atoms with van der Waals surface area (Å²) in [4.78, 5) is 16.8. The lowest BCUT2D eigenvalue weighted by atomic mass is 9.84. The minimum absolute atomic E-state index is 0.000484. The second-order valence-electron chi connectivity index (χ2n) is 7.52. The Labute approximate surface area is 181 Å². The minimum atomic E-state index is -0.000484. The number of anilines is 1. The van der Waals surface area contributed by atoms with E-state index >= 15 is 0 Å². The molecule has 29 heavy (non-hydrogen) atoms. The van der Waals surface area contributed by atoms with Crippen LogP contribution < -0.4 is 5.32 Å². The van der Waals surface area contributed by atoms with Gasteiger partial charge in [-0.3, -0.25) is 4.79 Å². The molecule has 1 aliphatic rings. The lowest BCUT2D eigenvalue weighted by Gasteiger charge is -2.22. The van der Waals surface area contributed by atoms with Crippen LogP contribution in [0.25, 0.3) is 11.3 Å². The highest BCUT2D eigenvalue weighted by atomic mass is 32.2. The Morgan fingerprint density at radius 1 is 1.03 bits per heavy atom. The van der Waals surface area contributed by atoms with Crippen LogP contribution in [0.3, 0.4) is 0 Å². The fourth-order valence-electron chi connectivity index (χ4n) is 3.82. The molecule has 1 aromatic heterocycles. The topological polar surface area (TPSA) is 42.0 Å². The van der Waals surface area contributed by atoms with Gasteiger partial charge >= 0.3 is 0 Å². The Hall–Kier alpha value is -2.11. The van der Waals surface area contributed by atoms with Crippen molar-refractivity contribution in [1.82, 2.24) is 4.98 Å². The van der Waals surface area contributed by atoms with E-state index in [4.69, 9.17) is 0 Å². The molecule has 1 amide bonds. The van der Waals surface area contributed by atoms with Gasteiger partial charge in [0.05, 0.1) is 11.4 Å². The van der Waals surface area contributed by atoms with Crippen molar-refractivity contribution in [3.8, 4) is 11.3 Å². The maximum Gasteiger partial charge on any atom is 0.236 e. The van der Waals surface area contributed by atoms with Crippen LogP contribution >= 0.6 is 23.1 Å². The number of nitrogens with zero attached hydrogens (tertiary/aromatic N) is 1. The van der Waals surface area contributed by atoms with Crippen LogP contribution in [-0.2, 0) is 10.5 Å². The highest BCUT2D eigenvalue weighted by molar-refractivity contribution is 7.99. The van der Waals surface area contributed by atoms with Crippen LogP contribution in [0.5, 0.6) is 0 Å². The zero-order valence-electron chi connectivity index (χ0n) is 16.5. The molecule has 0 bridgehead atoms. The molecule has 1 saturated carbocycles. The summed E-state index contributed by atoms with van der Waals surface area (Å²) in [5.74, 6) is 1.99. The number of hydrogen-bond donors (Lipinski definition) is 1. The van der Waals surface area contributed by atoms with E-state index in [1.54, 1.807) is 11.8 Å². The smallest absolute Gasteiger partial charge is 0.236 e. The van der Waals surface area contributed by atoms with E-state index < -0.39 is 0 Å². The average molecular weight is 423 g/mol. The number of amides is 1. The van der Waals surface area contributed by atoms with Crippen molar-refractivity contribution < 1.29 is 4.79 Å². The number of nitrogens with one attached hydrogen (secondary N) is 1. The van der Waals surface area contributed by atoms with Gasteiger partial charge in [-0.1, -0.05) is 73.9 Å². The van der Waals surface area contributed by atoms with Crippen LogP contribution in [0.1, 0.15) is 49.1 Å². The SMILES string of the molecule is O=C(CSCc1ccccc1)Nc1nc(-c2ccc(C3CCCCC3)cc2)cs1. The molecule has 0 aliphatic heterocycles. The molecule has 2 aromatic carbocycles. The molecule has 1 aliphatic carbocycles. The third kappa shape index (κ3) is 5.71. The molecule has 0 atom stereocenters. The molecular formula is C24H26N2OS2. The fraction of sp³-hybridized carbons (Fsp3) is 0.333. The molecule has 3 nitrogen and oxygen atoms in total. The Bertz CT molecular complexity index is 916. The van der Waals surface area contributed by atoms with E-state index in [0.29, 0.717) is 10.9 Å². The van der Waals surface area contributed by atoms with Crippen molar-refractivity contribution in [2.75, 3.05) is 11.1 Å².